The van der Waals surface area contributed by atoms with E-state index in [1.807, 2.05) is 26.2 Å². The SMILES string of the molecule is CNCCN(C)C(=O)c1ccc2c(c1)CNCC2. The molecular formula is C14H21N3O. The number of carbonyl (C=O) groups is 1. The number of benzene rings is 1. The third-order valence-electron chi connectivity index (χ3n) is 3.38. The molecule has 0 bridgehead atoms. The van der Waals surface area contributed by atoms with Crippen LogP contribution in [0, 0.1) is 0 Å². The summed E-state index contributed by atoms with van der Waals surface area (Å²) in [5, 5.41) is 6.39. The highest BCUT2D eigenvalue weighted by Crippen LogP contribution is 2.16. The fraction of sp³-hybridized carbons (Fsp3) is 0.500. The van der Waals surface area contributed by atoms with Gasteiger partial charge in [0.05, 0.1) is 0 Å². The molecule has 2 rings (SSSR count). The normalized spacial score (nSPS) is 14.1. The lowest BCUT2D eigenvalue weighted by Crippen LogP contribution is -2.33. The maximum atomic E-state index is 12.2. The van der Waals surface area contributed by atoms with Gasteiger partial charge in [-0.25, -0.2) is 0 Å². The lowest BCUT2D eigenvalue weighted by atomic mass is 9.98. The lowest BCUT2D eigenvalue weighted by molar-refractivity contribution is 0.0796. The Balaban J connectivity index is 2.10. The van der Waals surface area contributed by atoms with Crippen molar-refractivity contribution in [2.45, 2.75) is 13.0 Å². The van der Waals surface area contributed by atoms with E-state index in [2.05, 4.69) is 16.7 Å². The molecule has 1 amide bonds. The molecule has 0 unspecified atom stereocenters. The first kappa shape index (κ1) is 13.1. The summed E-state index contributed by atoms with van der Waals surface area (Å²) < 4.78 is 0. The number of rotatable bonds is 4. The Morgan fingerprint density at radius 2 is 2.28 bits per heavy atom. The van der Waals surface area contributed by atoms with Crippen LogP contribution < -0.4 is 10.6 Å². The first-order valence-electron chi connectivity index (χ1n) is 6.45. The molecule has 0 saturated heterocycles. The van der Waals surface area contributed by atoms with E-state index < -0.39 is 0 Å². The molecule has 4 heteroatoms. The Bertz CT molecular complexity index is 431. The second-order valence-electron chi connectivity index (χ2n) is 4.74. The van der Waals surface area contributed by atoms with Crippen LogP contribution >= 0.6 is 0 Å². The molecule has 0 radical (unpaired) electrons. The van der Waals surface area contributed by atoms with E-state index in [1.54, 1.807) is 4.90 Å². The minimum absolute atomic E-state index is 0.0959. The van der Waals surface area contributed by atoms with Gasteiger partial charge in [0, 0.05) is 32.2 Å². The van der Waals surface area contributed by atoms with E-state index in [4.69, 9.17) is 0 Å². The van der Waals surface area contributed by atoms with Gasteiger partial charge in [-0.1, -0.05) is 6.07 Å². The van der Waals surface area contributed by atoms with Gasteiger partial charge in [0.1, 0.15) is 0 Å². The van der Waals surface area contributed by atoms with E-state index in [0.717, 1.165) is 38.2 Å². The first-order chi connectivity index (χ1) is 8.72. The lowest BCUT2D eigenvalue weighted by Gasteiger charge is -2.20. The van der Waals surface area contributed by atoms with Crippen molar-refractivity contribution in [2.24, 2.45) is 0 Å². The average Bonchev–Trinajstić information content (AvgIpc) is 2.43. The van der Waals surface area contributed by atoms with Crippen LogP contribution in [0.15, 0.2) is 18.2 Å². The zero-order valence-electron chi connectivity index (χ0n) is 11.1. The minimum Gasteiger partial charge on any atom is -0.340 e. The molecule has 4 nitrogen and oxygen atoms in total. The van der Waals surface area contributed by atoms with Crippen molar-refractivity contribution in [3.63, 3.8) is 0 Å². The van der Waals surface area contributed by atoms with Crippen LogP contribution in [0.5, 0.6) is 0 Å². The van der Waals surface area contributed by atoms with Gasteiger partial charge in [-0.2, -0.15) is 0 Å². The number of hydrogen-bond acceptors (Lipinski definition) is 3. The van der Waals surface area contributed by atoms with Crippen LogP contribution in [0.1, 0.15) is 21.5 Å². The number of fused-ring (bicyclic) bond motifs is 1. The number of likely N-dealkylation sites (N-methyl/N-ethyl adjacent to an activating group) is 2. The van der Waals surface area contributed by atoms with Crippen LogP contribution in [0.25, 0.3) is 0 Å². The summed E-state index contributed by atoms with van der Waals surface area (Å²) in [5.74, 6) is 0.0959. The number of hydrogen-bond donors (Lipinski definition) is 2. The Morgan fingerprint density at radius 1 is 1.44 bits per heavy atom. The molecule has 1 aromatic carbocycles. The standard InChI is InChI=1S/C14H21N3O/c1-15-7-8-17(2)14(18)12-4-3-11-5-6-16-10-13(11)9-12/h3-4,9,15-16H,5-8,10H2,1-2H3. The highest BCUT2D eigenvalue weighted by atomic mass is 16.2. The molecule has 98 valence electrons. The minimum atomic E-state index is 0.0959. The van der Waals surface area contributed by atoms with Crippen molar-refractivity contribution < 1.29 is 4.79 Å². The van der Waals surface area contributed by atoms with Gasteiger partial charge >= 0.3 is 0 Å². The van der Waals surface area contributed by atoms with E-state index in [1.165, 1.54) is 11.1 Å². The van der Waals surface area contributed by atoms with Crippen LogP contribution in [0.4, 0.5) is 0 Å². The van der Waals surface area contributed by atoms with Gasteiger partial charge in [0.15, 0.2) is 0 Å². The monoisotopic (exact) mass is 247 g/mol. The summed E-state index contributed by atoms with van der Waals surface area (Å²) >= 11 is 0. The summed E-state index contributed by atoms with van der Waals surface area (Å²) in [7, 11) is 3.74. The quantitative estimate of drug-likeness (QED) is 0.820. The van der Waals surface area contributed by atoms with Crippen molar-refractivity contribution in [3.05, 3.63) is 34.9 Å². The summed E-state index contributed by atoms with van der Waals surface area (Å²) in [6.07, 6.45) is 1.05. The maximum Gasteiger partial charge on any atom is 0.253 e. The van der Waals surface area contributed by atoms with Crippen molar-refractivity contribution in [1.29, 1.82) is 0 Å². The number of nitrogens with zero attached hydrogens (tertiary/aromatic N) is 1. The van der Waals surface area contributed by atoms with Crippen molar-refractivity contribution >= 4 is 5.91 Å². The second kappa shape index (κ2) is 5.98. The highest BCUT2D eigenvalue weighted by Gasteiger charge is 2.14. The number of carbonyl (C=O) groups excluding carboxylic acids is 1. The molecule has 1 aliphatic rings. The van der Waals surface area contributed by atoms with Gasteiger partial charge in [-0.15, -0.1) is 0 Å². The fourth-order valence-electron chi connectivity index (χ4n) is 2.21. The Kier molecular flexibility index (Phi) is 4.33. The van der Waals surface area contributed by atoms with E-state index in [0.29, 0.717) is 0 Å². The van der Waals surface area contributed by atoms with E-state index in [9.17, 15) is 4.79 Å². The van der Waals surface area contributed by atoms with Crippen LogP contribution in [-0.4, -0.2) is 44.5 Å². The maximum absolute atomic E-state index is 12.2. The summed E-state index contributed by atoms with van der Waals surface area (Å²) in [6, 6.07) is 6.07. The summed E-state index contributed by atoms with van der Waals surface area (Å²) in [6.45, 7) is 3.44. The first-order valence-corrected chi connectivity index (χ1v) is 6.45. The highest BCUT2D eigenvalue weighted by molar-refractivity contribution is 5.94. The predicted octanol–water partition coefficient (Wildman–Crippen LogP) is 0.624. The zero-order chi connectivity index (χ0) is 13.0. The van der Waals surface area contributed by atoms with Crippen LogP contribution in [0.3, 0.4) is 0 Å². The van der Waals surface area contributed by atoms with Crippen molar-refractivity contribution in [1.82, 2.24) is 15.5 Å². The van der Waals surface area contributed by atoms with Gasteiger partial charge in [-0.3, -0.25) is 4.79 Å². The predicted molar refractivity (Wildman–Crippen MR) is 72.7 cm³/mol. The van der Waals surface area contributed by atoms with Gasteiger partial charge < -0.3 is 15.5 Å². The smallest absolute Gasteiger partial charge is 0.253 e. The van der Waals surface area contributed by atoms with E-state index in [-0.39, 0.29) is 5.91 Å². The molecule has 0 spiro atoms. The number of amides is 1. The molecule has 0 fully saturated rings. The Morgan fingerprint density at radius 3 is 3.06 bits per heavy atom. The Hall–Kier alpha value is -1.39. The number of nitrogens with one attached hydrogen (secondary N) is 2. The molecule has 18 heavy (non-hydrogen) atoms. The topological polar surface area (TPSA) is 44.4 Å². The zero-order valence-corrected chi connectivity index (χ0v) is 11.1. The van der Waals surface area contributed by atoms with Crippen molar-refractivity contribution in [3.8, 4) is 0 Å². The molecule has 1 aromatic rings. The second-order valence-corrected chi connectivity index (χ2v) is 4.74. The third-order valence-corrected chi connectivity index (χ3v) is 3.38. The summed E-state index contributed by atoms with van der Waals surface area (Å²) in [5.41, 5.74) is 3.41. The van der Waals surface area contributed by atoms with Crippen LogP contribution in [-0.2, 0) is 13.0 Å². The van der Waals surface area contributed by atoms with E-state index >= 15 is 0 Å². The molecule has 2 N–H and O–H groups in total. The molecular weight excluding hydrogens is 226 g/mol. The third kappa shape index (κ3) is 2.89. The average molecular weight is 247 g/mol. The van der Waals surface area contributed by atoms with Crippen molar-refractivity contribution in [2.75, 3.05) is 33.7 Å². The Labute approximate surface area is 108 Å². The van der Waals surface area contributed by atoms with Gasteiger partial charge in [0.2, 0.25) is 0 Å². The molecule has 0 aromatic heterocycles. The molecule has 0 atom stereocenters. The van der Waals surface area contributed by atoms with Gasteiger partial charge in [-0.05, 0) is 43.3 Å². The summed E-state index contributed by atoms with van der Waals surface area (Å²) in [4.78, 5) is 14.0. The van der Waals surface area contributed by atoms with Crippen LogP contribution in [0.2, 0.25) is 0 Å². The largest absolute Gasteiger partial charge is 0.340 e. The molecule has 0 aliphatic carbocycles. The van der Waals surface area contributed by atoms with Gasteiger partial charge in [0.25, 0.3) is 5.91 Å². The fourth-order valence-corrected chi connectivity index (χ4v) is 2.21. The molecule has 0 saturated carbocycles. The molecule has 1 heterocycles. The molecule has 1 aliphatic heterocycles.